The zero-order chi connectivity index (χ0) is 12.3. The van der Waals surface area contributed by atoms with Crippen molar-refractivity contribution in [1.82, 2.24) is 10.3 Å². The van der Waals surface area contributed by atoms with Crippen molar-refractivity contribution in [1.29, 1.82) is 0 Å². The summed E-state index contributed by atoms with van der Waals surface area (Å²) in [7, 11) is 0. The van der Waals surface area contributed by atoms with Crippen molar-refractivity contribution in [2.75, 3.05) is 6.54 Å². The fraction of sp³-hybridized carbons (Fsp3) is 0.250. The minimum Gasteiger partial charge on any atom is -0.305 e. The van der Waals surface area contributed by atoms with E-state index < -0.39 is 0 Å². The van der Waals surface area contributed by atoms with Gasteiger partial charge in [0.05, 0.1) is 16.1 Å². The molecule has 2 rings (SSSR count). The molecule has 2 heterocycles. The third-order valence-electron chi connectivity index (χ3n) is 2.33. The zero-order valence-corrected chi connectivity index (χ0v) is 12.4. The smallest absolute Gasteiger partial charge is 0.0931 e. The fourth-order valence-corrected chi connectivity index (χ4v) is 2.98. The molecule has 1 unspecified atom stereocenters. The molecular weight excluding hydrogens is 320 g/mol. The summed E-state index contributed by atoms with van der Waals surface area (Å²) in [6, 6.07) is 8.10. The van der Waals surface area contributed by atoms with Crippen LogP contribution in [0.1, 0.15) is 23.5 Å². The minimum absolute atomic E-state index is 0.116. The van der Waals surface area contributed by atoms with Gasteiger partial charge < -0.3 is 5.32 Å². The second-order valence-corrected chi connectivity index (χ2v) is 6.20. The number of nitrogens with zero attached hydrogens (tertiary/aromatic N) is 1. The Morgan fingerprint density at radius 1 is 1.41 bits per heavy atom. The van der Waals surface area contributed by atoms with Gasteiger partial charge in [-0.05, 0) is 46.7 Å². The van der Waals surface area contributed by atoms with Crippen LogP contribution in [0.25, 0.3) is 0 Å². The molecule has 0 bridgehead atoms. The Kier molecular flexibility index (Phi) is 4.56. The fourth-order valence-electron chi connectivity index (χ4n) is 1.60. The molecule has 2 aromatic rings. The summed E-state index contributed by atoms with van der Waals surface area (Å²) in [5.41, 5.74) is 1.01. The lowest BCUT2D eigenvalue weighted by Crippen LogP contribution is -2.21. The maximum Gasteiger partial charge on any atom is 0.0931 e. The Hall–Kier alpha value is -0.420. The minimum atomic E-state index is 0.116. The molecule has 0 radical (unpaired) electrons. The molecule has 0 saturated carbocycles. The number of hydrogen-bond donors (Lipinski definition) is 1. The lowest BCUT2D eigenvalue weighted by Gasteiger charge is -2.15. The van der Waals surface area contributed by atoms with Crippen LogP contribution in [0.5, 0.6) is 0 Å². The summed E-state index contributed by atoms with van der Waals surface area (Å²) in [6.45, 7) is 2.97. The van der Waals surface area contributed by atoms with Crippen LogP contribution in [0, 0.1) is 0 Å². The van der Waals surface area contributed by atoms with Crippen molar-refractivity contribution in [3.63, 3.8) is 0 Å². The molecule has 0 aliphatic heterocycles. The maximum atomic E-state index is 5.98. The second-order valence-electron chi connectivity index (χ2n) is 3.53. The molecule has 1 atom stereocenters. The van der Waals surface area contributed by atoms with Gasteiger partial charge in [0.15, 0.2) is 0 Å². The highest BCUT2D eigenvalue weighted by molar-refractivity contribution is 9.10. The predicted molar refractivity (Wildman–Crippen MR) is 76.8 cm³/mol. The lowest BCUT2D eigenvalue weighted by molar-refractivity contribution is 0.624. The number of nitrogens with one attached hydrogen (secondary N) is 1. The normalized spacial score (nSPS) is 12.6. The number of pyridine rings is 1. The lowest BCUT2D eigenvalue weighted by atomic mass is 10.1. The molecule has 0 amide bonds. The Bertz CT molecular complexity index is 484. The van der Waals surface area contributed by atoms with Crippen molar-refractivity contribution in [2.45, 2.75) is 13.0 Å². The molecule has 5 heteroatoms. The van der Waals surface area contributed by atoms with Crippen LogP contribution in [-0.2, 0) is 0 Å². The van der Waals surface area contributed by atoms with E-state index in [1.165, 1.54) is 4.88 Å². The molecule has 2 nitrogen and oxygen atoms in total. The summed E-state index contributed by atoms with van der Waals surface area (Å²) in [6.07, 6.45) is 1.81. The third-order valence-corrected chi connectivity index (χ3v) is 4.10. The van der Waals surface area contributed by atoms with Crippen molar-refractivity contribution < 1.29 is 0 Å². The van der Waals surface area contributed by atoms with Gasteiger partial charge in [-0.3, -0.25) is 4.98 Å². The van der Waals surface area contributed by atoms with E-state index in [4.69, 9.17) is 11.6 Å². The highest BCUT2D eigenvalue weighted by Gasteiger charge is 2.16. The third kappa shape index (κ3) is 3.28. The van der Waals surface area contributed by atoms with Crippen LogP contribution in [0.2, 0.25) is 4.34 Å². The Morgan fingerprint density at radius 3 is 2.76 bits per heavy atom. The molecule has 0 fully saturated rings. The monoisotopic (exact) mass is 330 g/mol. The van der Waals surface area contributed by atoms with Gasteiger partial charge in [-0.1, -0.05) is 18.5 Å². The van der Waals surface area contributed by atoms with Gasteiger partial charge in [-0.15, -0.1) is 11.3 Å². The van der Waals surface area contributed by atoms with Crippen LogP contribution in [0.15, 0.2) is 34.9 Å². The zero-order valence-electron chi connectivity index (χ0n) is 9.28. The van der Waals surface area contributed by atoms with Gasteiger partial charge in [-0.2, -0.15) is 0 Å². The molecular formula is C12H12BrClN2S. The van der Waals surface area contributed by atoms with E-state index in [0.717, 1.165) is 21.0 Å². The van der Waals surface area contributed by atoms with Crippen molar-refractivity contribution in [2.24, 2.45) is 0 Å². The van der Waals surface area contributed by atoms with Gasteiger partial charge >= 0.3 is 0 Å². The van der Waals surface area contributed by atoms with Gasteiger partial charge in [0.2, 0.25) is 0 Å². The van der Waals surface area contributed by atoms with Gasteiger partial charge in [0.25, 0.3) is 0 Å². The molecule has 0 aliphatic carbocycles. The van der Waals surface area contributed by atoms with E-state index in [1.54, 1.807) is 11.3 Å². The quantitative estimate of drug-likeness (QED) is 0.905. The summed E-state index contributed by atoms with van der Waals surface area (Å²) in [5, 5.41) is 3.42. The van der Waals surface area contributed by atoms with E-state index in [-0.39, 0.29) is 6.04 Å². The predicted octanol–water partition coefficient (Wildman–Crippen LogP) is 4.26. The van der Waals surface area contributed by atoms with Crippen LogP contribution in [0.4, 0.5) is 0 Å². The van der Waals surface area contributed by atoms with Crippen LogP contribution in [0.3, 0.4) is 0 Å². The van der Waals surface area contributed by atoms with Crippen LogP contribution in [-0.4, -0.2) is 11.5 Å². The average molecular weight is 332 g/mol. The number of aromatic nitrogens is 1. The average Bonchev–Trinajstić information content (AvgIpc) is 2.74. The molecule has 90 valence electrons. The topological polar surface area (TPSA) is 24.9 Å². The Morgan fingerprint density at radius 2 is 2.24 bits per heavy atom. The first kappa shape index (κ1) is 13.0. The highest BCUT2D eigenvalue weighted by Crippen LogP contribution is 2.30. The Labute approximate surface area is 118 Å². The molecule has 0 aliphatic rings. The first-order chi connectivity index (χ1) is 8.20. The van der Waals surface area contributed by atoms with Crippen molar-refractivity contribution >= 4 is 38.9 Å². The number of rotatable bonds is 4. The largest absolute Gasteiger partial charge is 0.305 e. The first-order valence-corrected chi connectivity index (χ1v) is 7.29. The van der Waals surface area contributed by atoms with Gasteiger partial charge in [0.1, 0.15) is 0 Å². The summed E-state index contributed by atoms with van der Waals surface area (Å²) < 4.78 is 1.79. The van der Waals surface area contributed by atoms with E-state index in [1.807, 2.05) is 30.5 Å². The van der Waals surface area contributed by atoms with Crippen molar-refractivity contribution in [3.05, 3.63) is 49.8 Å². The van der Waals surface area contributed by atoms with Crippen LogP contribution < -0.4 is 5.32 Å². The summed E-state index contributed by atoms with van der Waals surface area (Å²) in [4.78, 5) is 5.62. The molecule has 1 N–H and O–H groups in total. The first-order valence-electron chi connectivity index (χ1n) is 5.30. The van der Waals surface area contributed by atoms with Gasteiger partial charge in [-0.25, -0.2) is 0 Å². The SMILES string of the molecule is CCNC(c1ccc(Br)cn1)c1ccc(Cl)s1. The second kappa shape index (κ2) is 5.96. The van der Waals surface area contributed by atoms with E-state index in [2.05, 4.69) is 33.2 Å². The summed E-state index contributed by atoms with van der Waals surface area (Å²) >= 11 is 11.0. The van der Waals surface area contributed by atoms with E-state index >= 15 is 0 Å². The summed E-state index contributed by atoms with van der Waals surface area (Å²) in [5.74, 6) is 0. The van der Waals surface area contributed by atoms with E-state index in [0.29, 0.717) is 0 Å². The molecule has 0 aromatic carbocycles. The van der Waals surface area contributed by atoms with Crippen LogP contribution >= 0.6 is 38.9 Å². The van der Waals surface area contributed by atoms with Crippen molar-refractivity contribution in [3.8, 4) is 0 Å². The molecule has 0 spiro atoms. The standard InChI is InChI=1S/C12H12BrClN2S/c1-2-15-12(10-5-6-11(14)17-10)9-4-3-8(13)7-16-9/h3-7,12,15H,2H2,1H3. The molecule has 2 aromatic heterocycles. The van der Waals surface area contributed by atoms with E-state index in [9.17, 15) is 0 Å². The Balaban J connectivity index is 2.31. The molecule has 0 saturated heterocycles. The number of hydrogen-bond acceptors (Lipinski definition) is 3. The molecule has 17 heavy (non-hydrogen) atoms. The van der Waals surface area contributed by atoms with Gasteiger partial charge in [0, 0.05) is 15.5 Å². The highest BCUT2D eigenvalue weighted by atomic mass is 79.9. The number of thiophene rings is 1. The number of halogens is 2. The maximum absolute atomic E-state index is 5.98.